The first-order valence-electron chi connectivity index (χ1n) is 23.8. The molecule has 62 heavy (non-hydrogen) atoms. The molecular weight excluding hydrogens is 747 g/mol. The molecule has 314 valence electrons. The van der Waals surface area contributed by atoms with Gasteiger partial charge < -0.3 is 5.73 Å². The molecule has 3 unspecified atom stereocenters. The summed E-state index contributed by atoms with van der Waals surface area (Å²) >= 11 is 0. The molecular formula is C61H65N. The second-order valence-corrected chi connectivity index (χ2v) is 19.0. The van der Waals surface area contributed by atoms with Crippen LogP contribution >= 0.6 is 0 Å². The highest BCUT2D eigenvalue weighted by atomic mass is 14.5. The Labute approximate surface area is 372 Å². The molecule has 2 aromatic rings. The number of fused-ring (bicyclic) bond motifs is 6. The molecule has 0 spiro atoms. The van der Waals surface area contributed by atoms with Crippen molar-refractivity contribution in [3.63, 3.8) is 0 Å². The van der Waals surface area contributed by atoms with E-state index in [-0.39, 0.29) is 0 Å². The van der Waals surface area contributed by atoms with Gasteiger partial charge in [0.1, 0.15) is 0 Å². The molecule has 4 fully saturated rings. The molecule has 4 saturated carbocycles. The highest BCUT2D eigenvalue weighted by molar-refractivity contribution is 5.86. The molecule has 0 amide bonds. The third-order valence-electron chi connectivity index (χ3n) is 14.3. The minimum absolute atomic E-state index is 0.574. The van der Waals surface area contributed by atoms with E-state index < -0.39 is 0 Å². The maximum absolute atomic E-state index is 5.97. The summed E-state index contributed by atoms with van der Waals surface area (Å²) in [5.41, 5.74) is 27.0. The van der Waals surface area contributed by atoms with Gasteiger partial charge in [-0.05, 0) is 224 Å². The van der Waals surface area contributed by atoms with Crippen LogP contribution < -0.4 is 5.73 Å². The molecule has 3 atom stereocenters. The monoisotopic (exact) mass is 812 g/mol. The van der Waals surface area contributed by atoms with Crippen LogP contribution in [0.2, 0.25) is 0 Å². The van der Waals surface area contributed by atoms with Crippen LogP contribution in [0, 0.1) is 17.8 Å². The van der Waals surface area contributed by atoms with Crippen LogP contribution in [0.5, 0.6) is 0 Å². The van der Waals surface area contributed by atoms with Gasteiger partial charge in [-0.3, -0.25) is 0 Å². The molecule has 1 nitrogen and oxygen atoms in total. The van der Waals surface area contributed by atoms with Crippen LogP contribution in [0.3, 0.4) is 0 Å². The first-order chi connectivity index (χ1) is 30.4. The topological polar surface area (TPSA) is 26.0 Å². The summed E-state index contributed by atoms with van der Waals surface area (Å²) in [7, 11) is 0. The first kappa shape index (κ1) is 41.7. The van der Waals surface area contributed by atoms with Gasteiger partial charge in [0, 0.05) is 0 Å². The minimum Gasteiger partial charge on any atom is -0.405 e. The summed E-state index contributed by atoms with van der Waals surface area (Å²) < 4.78 is 0. The van der Waals surface area contributed by atoms with E-state index >= 15 is 0 Å². The Morgan fingerprint density at radius 1 is 0.645 bits per heavy atom. The van der Waals surface area contributed by atoms with E-state index in [0.29, 0.717) is 17.8 Å². The number of benzene rings is 2. The molecule has 0 radical (unpaired) electrons. The molecule has 1 heteroatoms. The average molecular weight is 812 g/mol. The summed E-state index contributed by atoms with van der Waals surface area (Å²) in [6.07, 6.45) is 59.9. The van der Waals surface area contributed by atoms with Crippen LogP contribution in [-0.4, -0.2) is 0 Å². The maximum Gasteiger partial charge on any atom is -0.00622 e. The number of hydrogen-bond acceptors (Lipinski definition) is 1. The normalized spacial score (nSPS) is 26.3. The van der Waals surface area contributed by atoms with Crippen LogP contribution in [0.15, 0.2) is 203 Å². The van der Waals surface area contributed by atoms with Gasteiger partial charge in [-0.2, -0.15) is 0 Å². The Bertz CT molecular complexity index is 2520. The van der Waals surface area contributed by atoms with E-state index in [9.17, 15) is 0 Å². The molecule has 0 saturated heterocycles. The fourth-order valence-corrected chi connectivity index (χ4v) is 10.8. The Hall–Kier alpha value is -5.66. The summed E-state index contributed by atoms with van der Waals surface area (Å²) in [5, 5.41) is 0. The van der Waals surface area contributed by atoms with Gasteiger partial charge in [-0.1, -0.05) is 145 Å². The third kappa shape index (κ3) is 10.3. The second-order valence-electron chi connectivity index (χ2n) is 19.0. The van der Waals surface area contributed by atoms with Crippen molar-refractivity contribution in [2.24, 2.45) is 23.5 Å². The van der Waals surface area contributed by atoms with E-state index in [1.165, 1.54) is 158 Å². The van der Waals surface area contributed by atoms with Gasteiger partial charge in [0.05, 0.1) is 0 Å². The van der Waals surface area contributed by atoms with Crippen molar-refractivity contribution >= 4 is 16.7 Å². The van der Waals surface area contributed by atoms with Gasteiger partial charge >= 0.3 is 0 Å². The molecule has 6 bridgehead atoms. The second kappa shape index (κ2) is 19.6. The Balaban J connectivity index is 1.12. The number of allylic oxidation sites excluding steroid dienone is 28. The standard InChI is InChI=1S/C61H65N/c1-43(52-19-7-15-45-14-6-18-49(32-45)36-52)30-58(54-21-8-16-47-25-27-50(33-47)37-54)31-44(2)53-20-10-23-57(39-53)61-41-59(55-22-9-17-48-26-28-51(34-48)38-55)40-60(42-61)56(24-11-29-62)35-46-12-4-3-5-13-46/h7-11,15-17,19-24,29-31,35-42,48-50H,1,3-6,12-14,18,25-28,32-34,62H2,2H3/b17-9-,19-7?,21-8?,29-11-,44-31+,45-15+,47-16+,51-38?,52-36?,54-37?,55-22?,56-24+,58-30+. The zero-order chi connectivity index (χ0) is 42.3. The fraction of sp³-hybridized carbons (Fsp3) is 0.311. The zero-order valence-corrected chi connectivity index (χ0v) is 37.1. The number of hydrogen-bond donors (Lipinski definition) is 1. The Morgan fingerprint density at radius 3 is 2.23 bits per heavy atom. The lowest BCUT2D eigenvalue weighted by molar-refractivity contribution is 0.493. The van der Waals surface area contributed by atoms with Crippen molar-refractivity contribution < 1.29 is 0 Å². The van der Waals surface area contributed by atoms with Crippen molar-refractivity contribution in [1.29, 1.82) is 0 Å². The van der Waals surface area contributed by atoms with Gasteiger partial charge in [0.15, 0.2) is 0 Å². The van der Waals surface area contributed by atoms with Crippen LogP contribution in [0.1, 0.15) is 120 Å². The van der Waals surface area contributed by atoms with E-state index in [1.54, 1.807) is 28.5 Å². The SMILES string of the molecule is C=C(/C=C(\C=C(/C)c1cccc(-c2cc(C3=C/C=C\C4CCC(=C3)C4)cc(/C(C=C3CCCCC3)=C/C=C\N)c2)c1)C1=CC2CC/C(=C\C=C1)C2)C1=CC2CCC/C(=C\C=C1)C2. The predicted octanol–water partition coefficient (Wildman–Crippen LogP) is 16.5. The van der Waals surface area contributed by atoms with E-state index in [2.05, 4.69) is 147 Å². The van der Waals surface area contributed by atoms with Crippen molar-refractivity contribution in [2.45, 2.75) is 103 Å². The van der Waals surface area contributed by atoms with E-state index in [1.807, 2.05) is 6.08 Å². The molecule has 0 aromatic heterocycles. The van der Waals surface area contributed by atoms with Gasteiger partial charge in [-0.25, -0.2) is 0 Å². The molecule has 0 aliphatic heterocycles. The van der Waals surface area contributed by atoms with Crippen molar-refractivity contribution in [2.75, 3.05) is 0 Å². The Kier molecular flexibility index (Phi) is 13.2. The molecule has 2 N–H and O–H groups in total. The van der Waals surface area contributed by atoms with Gasteiger partial charge in [0.2, 0.25) is 0 Å². The van der Waals surface area contributed by atoms with E-state index in [4.69, 9.17) is 12.3 Å². The van der Waals surface area contributed by atoms with Crippen molar-refractivity contribution in [3.8, 4) is 11.1 Å². The number of rotatable bonds is 10. The molecule has 0 heterocycles. The molecule has 2 aromatic carbocycles. The zero-order valence-electron chi connectivity index (χ0n) is 37.1. The van der Waals surface area contributed by atoms with Crippen LogP contribution in [0.25, 0.3) is 27.8 Å². The van der Waals surface area contributed by atoms with Crippen LogP contribution in [0.4, 0.5) is 0 Å². The predicted molar refractivity (Wildman–Crippen MR) is 268 cm³/mol. The highest BCUT2D eigenvalue weighted by Crippen LogP contribution is 2.40. The van der Waals surface area contributed by atoms with Crippen molar-refractivity contribution in [1.82, 2.24) is 0 Å². The van der Waals surface area contributed by atoms with Gasteiger partial charge in [-0.15, -0.1) is 0 Å². The molecule has 7 aliphatic rings. The third-order valence-corrected chi connectivity index (χ3v) is 14.3. The largest absolute Gasteiger partial charge is 0.405 e. The smallest absolute Gasteiger partial charge is 0.00622 e. The quantitative estimate of drug-likeness (QED) is 0.238. The minimum atomic E-state index is 0.574. The fourth-order valence-electron chi connectivity index (χ4n) is 10.8. The van der Waals surface area contributed by atoms with Crippen LogP contribution in [-0.2, 0) is 0 Å². The summed E-state index contributed by atoms with van der Waals surface area (Å²) in [6.45, 7) is 7.00. The molecule has 9 rings (SSSR count). The lowest BCUT2D eigenvalue weighted by Gasteiger charge is -2.23. The summed E-state index contributed by atoms with van der Waals surface area (Å²) in [5.74, 6) is 1.84. The van der Waals surface area contributed by atoms with Crippen molar-refractivity contribution in [3.05, 3.63) is 220 Å². The highest BCUT2D eigenvalue weighted by Gasteiger charge is 2.22. The summed E-state index contributed by atoms with van der Waals surface area (Å²) in [6, 6.07) is 16.4. The van der Waals surface area contributed by atoms with Gasteiger partial charge in [0.25, 0.3) is 0 Å². The number of nitrogens with two attached hydrogens (primary N) is 1. The van der Waals surface area contributed by atoms with E-state index in [0.717, 1.165) is 5.57 Å². The molecule has 7 aliphatic carbocycles. The first-order valence-corrected chi connectivity index (χ1v) is 23.8. The maximum atomic E-state index is 5.97. The lowest BCUT2D eigenvalue weighted by Crippen LogP contribution is -2.08. The Morgan fingerprint density at radius 2 is 1.37 bits per heavy atom. The lowest BCUT2D eigenvalue weighted by atomic mass is 9.82. The average Bonchev–Trinajstić information content (AvgIpc) is 3.97. The summed E-state index contributed by atoms with van der Waals surface area (Å²) in [4.78, 5) is 0.